The summed E-state index contributed by atoms with van der Waals surface area (Å²) in [4.78, 5) is 15.0. The first-order valence-corrected chi connectivity index (χ1v) is 11.4. The molecule has 0 bridgehead atoms. The lowest BCUT2D eigenvalue weighted by Crippen LogP contribution is -2.23. The Morgan fingerprint density at radius 2 is 1.77 bits per heavy atom. The van der Waals surface area contributed by atoms with Crippen LogP contribution in [0, 0.1) is 13.8 Å². The van der Waals surface area contributed by atoms with E-state index in [2.05, 4.69) is 63.6 Å². The molecule has 0 saturated heterocycles. The third kappa shape index (κ3) is 4.76. The molecule has 1 amide bonds. The number of rotatable bonds is 8. The lowest BCUT2D eigenvalue weighted by Gasteiger charge is -2.21. The predicted octanol–water partition coefficient (Wildman–Crippen LogP) is 3.80. The van der Waals surface area contributed by atoms with Gasteiger partial charge in [0.2, 0.25) is 5.91 Å². The van der Waals surface area contributed by atoms with Crippen LogP contribution in [0.5, 0.6) is 0 Å². The molecule has 1 unspecified atom stereocenters. The lowest BCUT2D eigenvalue weighted by molar-refractivity contribution is -0.115. The second-order valence-electron chi connectivity index (χ2n) is 7.50. The average molecular weight is 442 g/mol. The van der Waals surface area contributed by atoms with Gasteiger partial charge in [0, 0.05) is 38.4 Å². The molecule has 0 fully saturated rings. The van der Waals surface area contributed by atoms with E-state index in [0.29, 0.717) is 5.16 Å². The Balaban J connectivity index is 1.71. The molecule has 1 aromatic carbocycles. The molecule has 0 aliphatic carbocycles. The number of aromatic nitrogens is 5. The molecular formula is C22H31N7OS. The van der Waals surface area contributed by atoms with Crippen LogP contribution in [0.3, 0.4) is 0 Å². The number of amides is 1. The second kappa shape index (κ2) is 9.55. The number of hydrogen-bond acceptors (Lipinski definition) is 6. The highest BCUT2D eigenvalue weighted by atomic mass is 32.2. The number of thioether (sulfide) groups is 1. The molecule has 2 heterocycles. The van der Waals surface area contributed by atoms with Crippen molar-refractivity contribution in [2.75, 3.05) is 23.3 Å². The maximum absolute atomic E-state index is 12.7. The zero-order chi connectivity index (χ0) is 22.7. The zero-order valence-electron chi connectivity index (χ0n) is 19.3. The fourth-order valence-electron chi connectivity index (χ4n) is 3.47. The summed E-state index contributed by atoms with van der Waals surface area (Å²) in [5, 5.41) is 16.4. The van der Waals surface area contributed by atoms with E-state index < -0.39 is 0 Å². The summed E-state index contributed by atoms with van der Waals surface area (Å²) in [5.41, 5.74) is 4.69. The Bertz CT molecular complexity index is 1050. The van der Waals surface area contributed by atoms with E-state index in [1.165, 1.54) is 17.4 Å². The summed E-state index contributed by atoms with van der Waals surface area (Å²) < 4.78 is 3.70. The first-order valence-electron chi connectivity index (χ1n) is 10.5. The van der Waals surface area contributed by atoms with Gasteiger partial charge in [0.05, 0.1) is 22.3 Å². The zero-order valence-corrected chi connectivity index (χ0v) is 20.1. The van der Waals surface area contributed by atoms with Crippen LogP contribution >= 0.6 is 11.8 Å². The summed E-state index contributed by atoms with van der Waals surface area (Å²) in [6, 6.07) is 8.35. The van der Waals surface area contributed by atoms with Crippen molar-refractivity contribution in [1.82, 2.24) is 24.5 Å². The van der Waals surface area contributed by atoms with Gasteiger partial charge in [-0.15, -0.1) is 10.2 Å². The van der Waals surface area contributed by atoms with Gasteiger partial charge >= 0.3 is 0 Å². The van der Waals surface area contributed by atoms with Gasteiger partial charge in [0.15, 0.2) is 11.0 Å². The van der Waals surface area contributed by atoms with Crippen molar-refractivity contribution in [1.29, 1.82) is 0 Å². The van der Waals surface area contributed by atoms with Crippen LogP contribution in [0.15, 0.2) is 29.4 Å². The van der Waals surface area contributed by atoms with Crippen molar-refractivity contribution in [2.45, 2.75) is 45.0 Å². The largest absolute Gasteiger partial charge is 0.372 e. The summed E-state index contributed by atoms with van der Waals surface area (Å²) in [5.74, 6) is 0.692. The molecule has 2 aromatic heterocycles. The van der Waals surface area contributed by atoms with Crippen LogP contribution in [0.4, 0.5) is 11.4 Å². The molecule has 0 aliphatic heterocycles. The molecule has 0 radical (unpaired) electrons. The molecular weight excluding hydrogens is 410 g/mol. The van der Waals surface area contributed by atoms with E-state index >= 15 is 0 Å². The number of carbonyl (C=O) groups excluding carboxylic acids is 1. The molecule has 31 heavy (non-hydrogen) atoms. The third-order valence-corrected chi connectivity index (χ3v) is 6.63. The topological polar surface area (TPSA) is 80.9 Å². The van der Waals surface area contributed by atoms with Crippen molar-refractivity contribution in [3.05, 3.63) is 35.7 Å². The molecule has 3 aromatic rings. The van der Waals surface area contributed by atoms with Crippen molar-refractivity contribution < 1.29 is 4.79 Å². The van der Waals surface area contributed by atoms with Crippen LogP contribution in [0.25, 0.3) is 11.4 Å². The van der Waals surface area contributed by atoms with E-state index in [0.717, 1.165) is 41.6 Å². The summed E-state index contributed by atoms with van der Waals surface area (Å²) >= 11 is 1.39. The van der Waals surface area contributed by atoms with E-state index in [4.69, 9.17) is 0 Å². The van der Waals surface area contributed by atoms with E-state index in [9.17, 15) is 4.79 Å². The summed E-state index contributed by atoms with van der Waals surface area (Å²) in [6.07, 6.45) is 0. The minimum absolute atomic E-state index is 0.0858. The second-order valence-corrected chi connectivity index (χ2v) is 8.81. The number of nitrogens with one attached hydrogen (secondary N) is 1. The minimum Gasteiger partial charge on any atom is -0.372 e. The molecule has 1 N–H and O–H groups in total. The molecule has 9 heteroatoms. The molecule has 8 nitrogen and oxygen atoms in total. The smallest absolute Gasteiger partial charge is 0.237 e. The van der Waals surface area contributed by atoms with Crippen LogP contribution in [-0.2, 0) is 18.9 Å². The van der Waals surface area contributed by atoms with Crippen molar-refractivity contribution in [2.24, 2.45) is 14.1 Å². The first kappa shape index (κ1) is 22.9. The lowest BCUT2D eigenvalue weighted by atomic mass is 10.2. The van der Waals surface area contributed by atoms with Gasteiger partial charge in [-0.2, -0.15) is 5.10 Å². The van der Waals surface area contributed by atoms with Crippen LogP contribution < -0.4 is 10.2 Å². The van der Waals surface area contributed by atoms with Crippen molar-refractivity contribution in [3.63, 3.8) is 0 Å². The number of nitrogens with zero attached hydrogens (tertiary/aromatic N) is 6. The normalized spacial score (nSPS) is 12.1. The number of benzene rings is 1. The Labute approximate surface area is 188 Å². The maximum atomic E-state index is 12.7. The van der Waals surface area contributed by atoms with Gasteiger partial charge in [0.1, 0.15) is 0 Å². The average Bonchev–Trinajstić information content (AvgIpc) is 3.23. The van der Waals surface area contributed by atoms with Crippen LogP contribution in [-0.4, -0.2) is 48.8 Å². The van der Waals surface area contributed by atoms with E-state index in [1.807, 2.05) is 39.4 Å². The fourth-order valence-corrected chi connectivity index (χ4v) is 4.28. The van der Waals surface area contributed by atoms with Gasteiger partial charge in [-0.3, -0.25) is 9.48 Å². The summed E-state index contributed by atoms with van der Waals surface area (Å²) in [6.45, 7) is 11.9. The Kier molecular flexibility index (Phi) is 7.04. The van der Waals surface area contributed by atoms with Gasteiger partial charge < -0.3 is 14.8 Å². The predicted molar refractivity (Wildman–Crippen MR) is 127 cm³/mol. The van der Waals surface area contributed by atoms with Gasteiger partial charge in [-0.05, 0) is 58.9 Å². The molecule has 1 atom stereocenters. The standard InChI is InChI=1S/C22H31N7OS/c1-8-29(9-2)18-12-10-17(11-13-18)20-24-25-22(27(20)6)31-16(5)21(30)23-19-14(3)26-28(7)15(19)4/h10-13,16H,8-9H2,1-7H3,(H,23,30). The molecule has 0 saturated carbocycles. The van der Waals surface area contributed by atoms with Gasteiger partial charge in [0.25, 0.3) is 0 Å². The van der Waals surface area contributed by atoms with Gasteiger partial charge in [-0.1, -0.05) is 11.8 Å². The number of aryl methyl sites for hydroxylation is 2. The third-order valence-electron chi connectivity index (χ3n) is 5.50. The molecule has 0 spiro atoms. The quantitative estimate of drug-likeness (QED) is 0.536. The van der Waals surface area contributed by atoms with E-state index in [-0.39, 0.29) is 11.2 Å². The molecule has 166 valence electrons. The first-order chi connectivity index (χ1) is 14.8. The SMILES string of the molecule is CCN(CC)c1ccc(-c2nnc(SC(C)C(=O)Nc3c(C)nn(C)c3C)n2C)cc1. The highest BCUT2D eigenvalue weighted by Crippen LogP contribution is 2.28. The Hall–Kier alpha value is -2.81. The molecule has 0 aliphatic rings. The van der Waals surface area contributed by atoms with E-state index in [1.54, 1.807) is 4.68 Å². The highest BCUT2D eigenvalue weighted by Gasteiger charge is 2.21. The summed E-state index contributed by atoms with van der Waals surface area (Å²) in [7, 11) is 3.79. The minimum atomic E-state index is -0.334. The fraction of sp³-hybridized carbons (Fsp3) is 0.455. The highest BCUT2D eigenvalue weighted by molar-refractivity contribution is 8.00. The van der Waals surface area contributed by atoms with Crippen molar-refractivity contribution in [3.8, 4) is 11.4 Å². The molecule has 3 rings (SSSR count). The van der Waals surface area contributed by atoms with Crippen LogP contribution in [0.1, 0.15) is 32.2 Å². The van der Waals surface area contributed by atoms with Crippen molar-refractivity contribution >= 4 is 29.0 Å². The number of hydrogen-bond donors (Lipinski definition) is 1. The Morgan fingerprint density at radius 3 is 2.32 bits per heavy atom. The number of anilines is 2. The van der Waals surface area contributed by atoms with Crippen LogP contribution in [0.2, 0.25) is 0 Å². The van der Waals surface area contributed by atoms with Gasteiger partial charge in [-0.25, -0.2) is 0 Å². The monoisotopic (exact) mass is 441 g/mol. The number of carbonyl (C=O) groups is 1. The maximum Gasteiger partial charge on any atom is 0.237 e. The Morgan fingerprint density at radius 1 is 1.13 bits per heavy atom.